The first-order valence-electron chi connectivity index (χ1n) is 4.74. The predicted octanol–water partition coefficient (Wildman–Crippen LogP) is 0.0989. The van der Waals surface area contributed by atoms with Crippen LogP contribution in [-0.4, -0.2) is 36.4 Å². The van der Waals surface area contributed by atoms with Gasteiger partial charge in [0.2, 0.25) is 0 Å². The van der Waals surface area contributed by atoms with Crippen LogP contribution in [-0.2, 0) is 0 Å². The fourth-order valence-corrected chi connectivity index (χ4v) is 1.48. The van der Waals surface area contributed by atoms with Crippen LogP contribution in [0.5, 0.6) is 0 Å². The van der Waals surface area contributed by atoms with Gasteiger partial charge in [0, 0.05) is 19.1 Å². The second-order valence-corrected chi connectivity index (χ2v) is 4.24. The van der Waals surface area contributed by atoms with E-state index in [0.717, 1.165) is 13.1 Å². The summed E-state index contributed by atoms with van der Waals surface area (Å²) in [4.78, 5) is 0. The molecule has 0 amide bonds. The van der Waals surface area contributed by atoms with Gasteiger partial charge in [-0.2, -0.15) is 0 Å². The lowest BCUT2D eigenvalue weighted by Gasteiger charge is -2.19. The highest BCUT2D eigenvalue weighted by molar-refractivity contribution is 4.78. The van der Waals surface area contributed by atoms with Gasteiger partial charge >= 0.3 is 0 Å². The number of hydrogen-bond donors (Lipinski definition) is 3. The van der Waals surface area contributed by atoms with Gasteiger partial charge in [0.1, 0.15) is 0 Å². The number of nitrogens with one attached hydrogen (secondary N) is 2. The first-order chi connectivity index (χ1) is 5.58. The summed E-state index contributed by atoms with van der Waals surface area (Å²) in [6.45, 7) is 6.44. The first-order valence-corrected chi connectivity index (χ1v) is 4.74. The van der Waals surface area contributed by atoms with Crippen molar-refractivity contribution in [2.75, 3.05) is 19.6 Å². The lowest BCUT2D eigenvalue weighted by Crippen LogP contribution is -2.41. The molecule has 0 saturated carbocycles. The number of aliphatic hydroxyl groups is 1. The van der Waals surface area contributed by atoms with E-state index in [0.29, 0.717) is 12.6 Å². The maximum absolute atomic E-state index is 9.41. The topological polar surface area (TPSA) is 44.3 Å². The maximum Gasteiger partial charge on any atom is 0.0715 e. The van der Waals surface area contributed by atoms with Gasteiger partial charge in [-0.3, -0.25) is 0 Å². The fraction of sp³-hybridized carbons (Fsp3) is 1.00. The first kappa shape index (κ1) is 9.96. The molecule has 12 heavy (non-hydrogen) atoms. The molecule has 1 rings (SSSR count). The van der Waals surface area contributed by atoms with Crippen LogP contribution in [0.25, 0.3) is 0 Å². The third-order valence-corrected chi connectivity index (χ3v) is 2.11. The van der Waals surface area contributed by atoms with E-state index >= 15 is 0 Å². The van der Waals surface area contributed by atoms with E-state index in [4.69, 9.17) is 0 Å². The monoisotopic (exact) mass is 172 g/mol. The molecule has 1 aliphatic rings. The van der Waals surface area contributed by atoms with E-state index < -0.39 is 5.60 Å². The highest BCUT2D eigenvalue weighted by Crippen LogP contribution is 2.04. The maximum atomic E-state index is 9.41. The summed E-state index contributed by atoms with van der Waals surface area (Å²) in [6, 6.07) is 0.618. The normalized spacial score (nSPS) is 24.8. The standard InChI is InChI=1S/C9H20N2O/c1-9(2,12)7-10-6-8-4-3-5-11-8/h8,10-12H,3-7H2,1-2H3. The zero-order chi connectivity index (χ0) is 9.03. The molecule has 1 aliphatic heterocycles. The average molecular weight is 172 g/mol. The van der Waals surface area contributed by atoms with Crippen molar-refractivity contribution in [3.63, 3.8) is 0 Å². The van der Waals surface area contributed by atoms with Gasteiger partial charge in [-0.05, 0) is 33.2 Å². The van der Waals surface area contributed by atoms with Crippen molar-refractivity contribution in [3.8, 4) is 0 Å². The largest absolute Gasteiger partial charge is 0.389 e. The second-order valence-electron chi connectivity index (χ2n) is 4.24. The minimum Gasteiger partial charge on any atom is -0.389 e. The van der Waals surface area contributed by atoms with Gasteiger partial charge < -0.3 is 15.7 Å². The summed E-state index contributed by atoms with van der Waals surface area (Å²) < 4.78 is 0. The van der Waals surface area contributed by atoms with Crippen molar-refractivity contribution in [2.45, 2.75) is 38.3 Å². The van der Waals surface area contributed by atoms with E-state index in [-0.39, 0.29) is 0 Å². The van der Waals surface area contributed by atoms with Crippen LogP contribution < -0.4 is 10.6 Å². The Morgan fingerprint density at radius 1 is 1.58 bits per heavy atom. The summed E-state index contributed by atoms with van der Waals surface area (Å²) in [7, 11) is 0. The van der Waals surface area contributed by atoms with Gasteiger partial charge in [-0.25, -0.2) is 0 Å². The molecule has 1 atom stereocenters. The van der Waals surface area contributed by atoms with Gasteiger partial charge in [-0.1, -0.05) is 0 Å². The molecule has 3 heteroatoms. The molecule has 0 radical (unpaired) electrons. The molecule has 1 saturated heterocycles. The van der Waals surface area contributed by atoms with Crippen LogP contribution >= 0.6 is 0 Å². The molecule has 72 valence electrons. The molecule has 3 nitrogen and oxygen atoms in total. The predicted molar refractivity (Wildman–Crippen MR) is 50.2 cm³/mol. The second kappa shape index (κ2) is 4.21. The third-order valence-electron chi connectivity index (χ3n) is 2.11. The van der Waals surface area contributed by atoms with Gasteiger partial charge in [0.25, 0.3) is 0 Å². The summed E-state index contributed by atoms with van der Waals surface area (Å²) in [6.07, 6.45) is 2.55. The minimum atomic E-state index is -0.585. The van der Waals surface area contributed by atoms with Crippen molar-refractivity contribution in [2.24, 2.45) is 0 Å². The highest BCUT2D eigenvalue weighted by atomic mass is 16.3. The molecule has 3 N–H and O–H groups in total. The van der Waals surface area contributed by atoms with Crippen LogP contribution in [0.4, 0.5) is 0 Å². The third kappa shape index (κ3) is 4.04. The Morgan fingerprint density at radius 3 is 2.83 bits per heavy atom. The van der Waals surface area contributed by atoms with Crippen molar-refractivity contribution < 1.29 is 5.11 Å². The molecule has 0 aromatic carbocycles. The molecule has 0 spiro atoms. The van der Waals surface area contributed by atoms with Gasteiger partial charge in [0.15, 0.2) is 0 Å². The number of rotatable bonds is 4. The smallest absolute Gasteiger partial charge is 0.0715 e. The van der Waals surface area contributed by atoms with Crippen molar-refractivity contribution in [1.82, 2.24) is 10.6 Å². The summed E-state index contributed by atoms with van der Waals surface area (Å²) in [5.74, 6) is 0. The Bertz CT molecular complexity index is 125. The summed E-state index contributed by atoms with van der Waals surface area (Å²) in [5, 5.41) is 16.1. The molecule has 0 aromatic heterocycles. The van der Waals surface area contributed by atoms with Crippen molar-refractivity contribution in [1.29, 1.82) is 0 Å². The molecule has 1 heterocycles. The molecular weight excluding hydrogens is 152 g/mol. The van der Waals surface area contributed by atoms with Crippen LogP contribution in [0.3, 0.4) is 0 Å². The minimum absolute atomic E-state index is 0.585. The fourth-order valence-electron chi connectivity index (χ4n) is 1.48. The lowest BCUT2D eigenvalue weighted by molar-refractivity contribution is 0.0794. The SMILES string of the molecule is CC(C)(O)CNCC1CCCN1. The molecule has 0 aliphatic carbocycles. The molecule has 1 fully saturated rings. The van der Waals surface area contributed by atoms with E-state index in [2.05, 4.69) is 10.6 Å². The van der Waals surface area contributed by atoms with E-state index in [1.165, 1.54) is 12.8 Å². The lowest BCUT2D eigenvalue weighted by atomic mass is 10.1. The highest BCUT2D eigenvalue weighted by Gasteiger charge is 2.15. The van der Waals surface area contributed by atoms with Gasteiger partial charge in [0.05, 0.1) is 5.60 Å². The molecule has 0 bridgehead atoms. The van der Waals surface area contributed by atoms with Gasteiger partial charge in [-0.15, -0.1) is 0 Å². The Labute approximate surface area is 74.5 Å². The quantitative estimate of drug-likeness (QED) is 0.563. The Hall–Kier alpha value is -0.120. The Balaban J connectivity index is 2.02. The van der Waals surface area contributed by atoms with Crippen molar-refractivity contribution >= 4 is 0 Å². The van der Waals surface area contributed by atoms with Crippen LogP contribution in [0.1, 0.15) is 26.7 Å². The molecule has 0 aromatic rings. The number of hydrogen-bond acceptors (Lipinski definition) is 3. The zero-order valence-corrected chi connectivity index (χ0v) is 8.06. The zero-order valence-electron chi connectivity index (χ0n) is 8.06. The average Bonchev–Trinajstić information content (AvgIpc) is 2.36. The van der Waals surface area contributed by atoms with Crippen LogP contribution in [0, 0.1) is 0 Å². The van der Waals surface area contributed by atoms with Crippen LogP contribution in [0.15, 0.2) is 0 Å². The van der Waals surface area contributed by atoms with E-state index in [1.54, 1.807) is 0 Å². The Morgan fingerprint density at radius 2 is 2.33 bits per heavy atom. The molecular formula is C9H20N2O. The van der Waals surface area contributed by atoms with E-state index in [1.807, 2.05) is 13.8 Å². The van der Waals surface area contributed by atoms with Crippen molar-refractivity contribution in [3.05, 3.63) is 0 Å². The summed E-state index contributed by atoms with van der Waals surface area (Å²) >= 11 is 0. The Kier molecular flexibility index (Phi) is 3.50. The van der Waals surface area contributed by atoms with E-state index in [9.17, 15) is 5.11 Å². The molecule has 1 unspecified atom stereocenters. The van der Waals surface area contributed by atoms with Crippen LogP contribution in [0.2, 0.25) is 0 Å². The summed E-state index contributed by atoms with van der Waals surface area (Å²) in [5.41, 5.74) is -0.585.